The van der Waals surface area contributed by atoms with Gasteiger partial charge in [-0.1, -0.05) is 0 Å². The van der Waals surface area contributed by atoms with Crippen LogP contribution in [0, 0.1) is 0 Å². The molecule has 0 aromatic rings. The van der Waals surface area contributed by atoms with E-state index in [4.69, 9.17) is 9.47 Å². The first kappa shape index (κ1) is 14.7. The van der Waals surface area contributed by atoms with Crippen molar-refractivity contribution >= 4 is 33.1 Å². The first-order valence-electron chi connectivity index (χ1n) is 5.12. The molecule has 0 aliphatic carbocycles. The summed E-state index contributed by atoms with van der Waals surface area (Å²) in [6.07, 6.45) is 0. The zero-order chi connectivity index (χ0) is 11.8. The van der Waals surface area contributed by atoms with Gasteiger partial charge in [0.05, 0.1) is 0 Å². The summed E-state index contributed by atoms with van der Waals surface area (Å²) in [6, 6.07) is 0. The Balaban J connectivity index is 3.99. The average Bonchev–Trinajstić information content (AvgIpc) is 2.18. The van der Waals surface area contributed by atoms with E-state index in [0.29, 0.717) is 13.2 Å². The number of rotatable bonds is 6. The molecule has 84 valence electrons. The number of carbonyl (C=O) groups excluding carboxylic acids is 2. The second kappa shape index (κ2) is 7.96. The van der Waals surface area contributed by atoms with E-state index < -0.39 is 21.1 Å². The minimum atomic E-state index is -1.11. The molecule has 2 unspecified atom stereocenters. The number of ether oxygens (including phenoxy) is 2. The van der Waals surface area contributed by atoms with E-state index in [1.807, 2.05) is 13.8 Å². The van der Waals surface area contributed by atoms with Gasteiger partial charge in [-0.05, 0) is 0 Å². The van der Waals surface area contributed by atoms with Crippen molar-refractivity contribution in [3.8, 4) is 0 Å². The number of hydrogen-bond acceptors (Lipinski definition) is 4. The van der Waals surface area contributed by atoms with Gasteiger partial charge in [0.2, 0.25) is 0 Å². The van der Waals surface area contributed by atoms with Crippen molar-refractivity contribution in [2.75, 3.05) is 13.2 Å². The summed E-state index contributed by atoms with van der Waals surface area (Å²) in [6.45, 7) is 8.03. The fraction of sp³-hybridized carbons (Fsp3) is 0.800. The Morgan fingerprint density at radius 1 is 1.00 bits per heavy atom. The molecule has 0 aromatic heterocycles. The van der Waals surface area contributed by atoms with Gasteiger partial charge in [-0.2, -0.15) is 0 Å². The first-order valence-corrected chi connectivity index (χ1v) is 8.41. The fourth-order valence-electron chi connectivity index (χ4n) is 1.05. The summed E-state index contributed by atoms with van der Waals surface area (Å²) in [5.41, 5.74) is 0. The molecular weight excluding hydrogens is 303 g/mol. The van der Waals surface area contributed by atoms with Crippen LogP contribution in [0.5, 0.6) is 0 Å². The zero-order valence-electron chi connectivity index (χ0n) is 9.70. The van der Waals surface area contributed by atoms with E-state index in [0.717, 1.165) is 0 Å². The molecule has 0 aliphatic rings. The number of hydrogen-bond donors (Lipinski definition) is 0. The molecule has 0 bridgehead atoms. The molecular formula is C10H18O4Sn+2. The Kier molecular flexibility index (Phi) is 7.82. The summed E-state index contributed by atoms with van der Waals surface area (Å²) in [4.78, 5) is 22.7. The summed E-state index contributed by atoms with van der Waals surface area (Å²) in [5, 5.41) is 0. The second-order valence-corrected chi connectivity index (χ2v) is 9.01. The molecule has 4 nitrogen and oxygen atoms in total. The summed E-state index contributed by atoms with van der Waals surface area (Å²) < 4.78 is 9.61. The number of carbonyl (C=O) groups is 2. The van der Waals surface area contributed by atoms with E-state index >= 15 is 0 Å². The van der Waals surface area contributed by atoms with Crippen LogP contribution < -0.4 is 0 Å². The third-order valence-corrected chi connectivity index (χ3v) is 5.98. The molecule has 0 spiro atoms. The van der Waals surface area contributed by atoms with E-state index in [1.165, 1.54) is 0 Å². The molecule has 15 heavy (non-hydrogen) atoms. The molecule has 0 heterocycles. The monoisotopic (exact) mass is 322 g/mol. The van der Waals surface area contributed by atoms with Crippen LogP contribution >= 0.6 is 0 Å². The van der Waals surface area contributed by atoms with Crippen LogP contribution in [0.3, 0.4) is 0 Å². The van der Waals surface area contributed by atoms with Crippen molar-refractivity contribution < 1.29 is 19.1 Å². The van der Waals surface area contributed by atoms with Crippen molar-refractivity contribution in [1.29, 1.82) is 0 Å². The summed E-state index contributed by atoms with van der Waals surface area (Å²) in [7, 11) is 0. The SMILES string of the molecule is CCOC(=O)[CH](C)[Sn+2][CH](C)C(=O)OCC. The van der Waals surface area contributed by atoms with Crippen molar-refractivity contribution in [3.63, 3.8) is 0 Å². The van der Waals surface area contributed by atoms with Gasteiger partial charge in [0.1, 0.15) is 0 Å². The molecule has 0 fully saturated rings. The van der Waals surface area contributed by atoms with Gasteiger partial charge in [0.15, 0.2) is 0 Å². The minimum absolute atomic E-state index is 0.0899. The van der Waals surface area contributed by atoms with Gasteiger partial charge in [0, 0.05) is 0 Å². The Labute approximate surface area is 101 Å². The molecule has 0 saturated heterocycles. The third kappa shape index (κ3) is 6.02. The van der Waals surface area contributed by atoms with Gasteiger partial charge in [-0.15, -0.1) is 0 Å². The topological polar surface area (TPSA) is 52.6 Å². The first-order chi connectivity index (χ1) is 7.02. The predicted octanol–water partition coefficient (Wildman–Crippen LogP) is 1.43. The van der Waals surface area contributed by atoms with Gasteiger partial charge >= 0.3 is 101 Å². The van der Waals surface area contributed by atoms with Crippen molar-refractivity contribution in [2.45, 2.75) is 35.6 Å². The molecule has 0 aliphatic heterocycles. The van der Waals surface area contributed by atoms with Crippen LogP contribution in [0.1, 0.15) is 27.7 Å². The van der Waals surface area contributed by atoms with Crippen LogP contribution in [0.25, 0.3) is 0 Å². The molecule has 0 radical (unpaired) electrons. The van der Waals surface area contributed by atoms with Gasteiger partial charge in [0.25, 0.3) is 0 Å². The Bertz CT molecular complexity index is 195. The van der Waals surface area contributed by atoms with E-state index in [-0.39, 0.29) is 19.8 Å². The van der Waals surface area contributed by atoms with Crippen molar-refractivity contribution in [3.05, 3.63) is 0 Å². The Morgan fingerprint density at radius 2 is 1.33 bits per heavy atom. The molecule has 5 heteroatoms. The maximum atomic E-state index is 11.3. The van der Waals surface area contributed by atoms with Gasteiger partial charge in [-0.3, -0.25) is 0 Å². The second-order valence-electron chi connectivity index (χ2n) is 3.11. The quantitative estimate of drug-likeness (QED) is 0.549. The summed E-state index contributed by atoms with van der Waals surface area (Å²) >= 11 is -1.11. The predicted molar refractivity (Wildman–Crippen MR) is 57.9 cm³/mol. The molecule has 0 rings (SSSR count). The van der Waals surface area contributed by atoms with E-state index in [9.17, 15) is 9.59 Å². The van der Waals surface area contributed by atoms with E-state index in [1.54, 1.807) is 13.8 Å². The van der Waals surface area contributed by atoms with Crippen LogP contribution in [-0.2, 0) is 19.1 Å². The molecule has 0 N–H and O–H groups in total. The van der Waals surface area contributed by atoms with E-state index in [2.05, 4.69) is 0 Å². The third-order valence-electron chi connectivity index (χ3n) is 1.78. The fourth-order valence-corrected chi connectivity index (χ4v) is 4.44. The normalized spacial score (nSPS) is 13.6. The standard InChI is InChI=1S/2C5H9O2.Sn/c2*1-3-5(6)7-4-2;/h2*3H,4H2,1-2H3;/q;;+2. The van der Waals surface area contributed by atoms with Crippen molar-refractivity contribution in [1.82, 2.24) is 0 Å². The maximum absolute atomic E-state index is 11.3. The van der Waals surface area contributed by atoms with Crippen LogP contribution in [0.15, 0.2) is 0 Å². The number of esters is 2. The summed E-state index contributed by atoms with van der Waals surface area (Å²) in [5.74, 6) is -0.361. The zero-order valence-corrected chi connectivity index (χ0v) is 12.6. The van der Waals surface area contributed by atoms with Gasteiger partial charge < -0.3 is 0 Å². The van der Waals surface area contributed by atoms with Crippen LogP contribution in [0.2, 0.25) is 7.87 Å². The Hall–Kier alpha value is -0.261. The molecule has 0 amide bonds. The van der Waals surface area contributed by atoms with Crippen LogP contribution in [0.4, 0.5) is 0 Å². The Morgan fingerprint density at radius 3 is 1.60 bits per heavy atom. The van der Waals surface area contributed by atoms with Crippen molar-refractivity contribution in [2.24, 2.45) is 0 Å². The van der Waals surface area contributed by atoms with Gasteiger partial charge in [-0.25, -0.2) is 0 Å². The molecule has 0 saturated carbocycles. The van der Waals surface area contributed by atoms with Crippen LogP contribution in [-0.4, -0.2) is 46.3 Å². The molecule has 0 aromatic carbocycles. The average molecular weight is 321 g/mol. The molecule has 2 atom stereocenters.